The van der Waals surface area contributed by atoms with E-state index in [1.54, 1.807) is 36.4 Å². The fourth-order valence-corrected chi connectivity index (χ4v) is 5.20. The van der Waals surface area contributed by atoms with Gasteiger partial charge in [0.2, 0.25) is 0 Å². The highest BCUT2D eigenvalue weighted by Crippen LogP contribution is 2.25. The molecule has 0 aliphatic heterocycles. The summed E-state index contributed by atoms with van der Waals surface area (Å²) in [5, 5.41) is 0.271. The zero-order chi connectivity index (χ0) is 21.1. The molecule has 0 fully saturated rings. The van der Waals surface area contributed by atoms with E-state index in [4.69, 9.17) is 11.6 Å². The Morgan fingerprint density at radius 3 is 1.79 bits per heavy atom. The van der Waals surface area contributed by atoms with E-state index in [2.05, 4.69) is 9.44 Å². The molecule has 0 unspecified atom stereocenters. The number of rotatable bonds is 7. The van der Waals surface area contributed by atoms with Crippen molar-refractivity contribution < 1.29 is 16.8 Å². The van der Waals surface area contributed by atoms with Crippen molar-refractivity contribution in [2.75, 3.05) is 15.7 Å². The molecule has 0 spiro atoms. The standard InChI is InChI=1S/C19H17ClN2O4S3/c1-27-15-8-12-17(13-9-15)28(23,24)21-14-6-10-16(11-7-14)29(25,26)22-19-5-3-2-4-18(19)20/h2-13,21-22H,1H3. The molecule has 0 aliphatic rings. The lowest BCUT2D eigenvalue weighted by molar-refractivity contribution is 0.600. The fourth-order valence-electron chi connectivity index (χ4n) is 2.42. The number of sulfonamides is 2. The lowest BCUT2D eigenvalue weighted by atomic mass is 10.3. The van der Waals surface area contributed by atoms with Crippen molar-refractivity contribution in [3.63, 3.8) is 0 Å². The maximum atomic E-state index is 12.5. The minimum atomic E-state index is -3.87. The van der Waals surface area contributed by atoms with Gasteiger partial charge in [-0.1, -0.05) is 23.7 Å². The minimum Gasteiger partial charge on any atom is -0.280 e. The zero-order valence-electron chi connectivity index (χ0n) is 15.2. The Labute approximate surface area is 179 Å². The van der Waals surface area contributed by atoms with E-state index in [-0.39, 0.29) is 26.2 Å². The molecule has 152 valence electrons. The van der Waals surface area contributed by atoms with Crippen molar-refractivity contribution in [3.8, 4) is 0 Å². The van der Waals surface area contributed by atoms with E-state index < -0.39 is 20.0 Å². The van der Waals surface area contributed by atoms with E-state index in [0.29, 0.717) is 0 Å². The predicted octanol–water partition coefficient (Wildman–Crippen LogP) is 4.66. The molecule has 29 heavy (non-hydrogen) atoms. The molecule has 6 nitrogen and oxygen atoms in total. The molecular formula is C19H17ClN2O4S3. The Bertz CT molecular complexity index is 1210. The second-order valence-electron chi connectivity index (χ2n) is 5.89. The van der Waals surface area contributed by atoms with Gasteiger partial charge in [0.05, 0.1) is 20.5 Å². The van der Waals surface area contributed by atoms with E-state index in [1.807, 2.05) is 6.26 Å². The quantitative estimate of drug-likeness (QED) is 0.492. The van der Waals surface area contributed by atoms with Crippen LogP contribution in [0.3, 0.4) is 0 Å². The van der Waals surface area contributed by atoms with E-state index in [9.17, 15) is 16.8 Å². The maximum Gasteiger partial charge on any atom is 0.261 e. The molecule has 0 aromatic heterocycles. The van der Waals surface area contributed by atoms with Gasteiger partial charge < -0.3 is 0 Å². The third-order valence-electron chi connectivity index (χ3n) is 3.90. The van der Waals surface area contributed by atoms with Crippen molar-refractivity contribution in [2.45, 2.75) is 14.7 Å². The monoisotopic (exact) mass is 468 g/mol. The molecule has 0 bridgehead atoms. The van der Waals surface area contributed by atoms with E-state index >= 15 is 0 Å². The van der Waals surface area contributed by atoms with Crippen molar-refractivity contribution in [1.29, 1.82) is 0 Å². The zero-order valence-corrected chi connectivity index (χ0v) is 18.4. The maximum absolute atomic E-state index is 12.5. The topological polar surface area (TPSA) is 92.3 Å². The third-order valence-corrected chi connectivity index (χ3v) is 7.76. The summed E-state index contributed by atoms with van der Waals surface area (Å²) in [6.07, 6.45) is 1.90. The summed E-state index contributed by atoms with van der Waals surface area (Å²) in [6.45, 7) is 0. The van der Waals surface area contributed by atoms with Crippen LogP contribution in [0.2, 0.25) is 5.02 Å². The van der Waals surface area contributed by atoms with E-state index in [0.717, 1.165) is 4.90 Å². The van der Waals surface area contributed by atoms with Gasteiger partial charge >= 0.3 is 0 Å². The summed E-state index contributed by atoms with van der Waals surface area (Å²) >= 11 is 7.50. The van der Waals surface area contributed by atoms with Crippen LogP contribution in [0.15, 0.2) is 87.5 Å². The first kappa shape index (κ1) is 21.5. The van der Waals surface area contributed by atoms with Crippen LogP contribution < -0.4 is 9.44 Å². The second kappa shape index (κ2) is 8.66. The van der Waals surface area contributed by atoms with Crippen molar-refractivity contribution >= 4 is 54.8 Å². The highest BCUT2D eigenvalue weighted by molar-refractivity contribution is 7.98. The van der Waals surface area contributed by atoms with Gasteiger partial charge in [-0.15, -0.1) is 11.8 Å². The Morgan fingerprint density at radius 1 is 0.724 bits per heavy atom. The number of thioether (sulfide) groups is 1. The highest BCUT2D eigenvalue weighted by atomic mass is 35.5. The Kier molecular flexibility index (Phi) is 6.42. The van der Waals surface area contributed by atoms with Crippen LogP contribution >= 0.6 is 23.4 Å². The smallest absolute Gasteiger partial charge is 0.261 e. The van der Waals surface area contributed by atoms with Gasteiger partial charge in [-0.05, 0) is 66.9 Å². The summed E-state index contributed by atoms with van der Waals surface area (Å²) in [6, 6.07) is 18.3. The molecule has 3 aromatic carbocycles. The molecule has 0 amide bonds. The van der Waals surface area contributed by atoms with Gasteiger partial charge in [0, 0.05) is 10.6 Å². The van der Waals surface area contributed by atoms with Crippen LogP contribution in [0.1, 0.15) is 0 Å². The third kappa shape index (κ3) is 5.24. The van der Waals surface area contributed by atoms with Gasteiger partial charge in [-0.25, -0.2) is 16.8 Å². The van der Waals surface area contributed by atoms with Crippen LogP contribution in [-0.2, 0) is 20.0 Å². The fraction of sp³-hybridized carbons (Fsp3) is 0.0526. The van der Waals surface area contributed by atoms with Gasteiger partial charge in [0.1, 0.15) is 0 Å². The molecule has 0 saturated carbocycles. The number of nitrogens with one attached hydrogen (secondary N) is 2. The lowest BCUT2D eigenvalue weighted by Crippen LogP contribution is -2.14. The molecule has 3 aromatic rings. The highest BCUT2D eigenvalue weighted by Gasteiger charge is 2.17. The molecule has 0 atom stereocenters. The molecule has 0 saturated heterocycles. The predicted molar refractivity (Wildman–Crippen MR) is 118 cm³/mol. The van der Waals surface area contributed by atoms with Crippen LogP contribution in [0.5, 0.6) is 0 Å². The molecule has 0 heterocycles. The number of benzene rings is 3. The molecular weight excluding hydrogens is 452 g/mol. The van der Waals surface area contributed by atoms with Crippen LogP contribution in [0.4, 0.5) is 11.4 Å². The van der Waals surface area contributed by atoms with Gasteiger partial charge in [-0.2, -0.15) is 0 Å². The minimum absolute atomic E-state index is 0.0234. The molecule has 0 radical (unpaired) electrons. The van der Waals surface area contributed by atoms with Gasteiger partial charge in [-0.3, -0.25) is 9.44 Å². The Morgan fingerprint density at radius 2 is 1.24 bits per heavy atom. The van der Waals surface area contributed by atoms with Crippen molar-refractivity contribution in [2.24, 2.45) is 0 Å². The second-order valence-corrected chi connectivity index (χ2v) is 10.5. The number of hydrogen-bond acceptors (Lipinski definition) is 5. The molecule has 10 heteroatoms. The summed E-state index contributed by atoms with van der Waals surface area (Å²) in [5.41, 5.74) is 0.503. The van der Waals surface area contributed by atoms with Crippen LogP contribution in [-0.4, -0.2) is 23.1 Å². The number of anilines is 2. The molecule has 2 N–H and O–H groups in total. The van der Waals surface area contributed by atoms with Gasteiger partial charge in [0.25, 0.3) is 20.0 Å². The summed E-state index contributed by atoms with van der Waals surface area (Å²) in [7, 11) is -7.65. The number of para-hydroxylation sites is 1. The summed E-state index contributed by atoms with van der Waals surface area (Å²) in [4.78, 5) is 1.04. The number of hydrogen-bond donors (Lipinski definition) is 2. The first-order valence-corrected chi connectivity index (χ1v) is 12.8. The first-order valence-electron chi connectivity index (χ1n) is 8.25. The molecule has 0 aliphatic carbocycles. The first-order chi connectivity index (χ1) is 13.7. The average molecular weight is 469 g/mol. The Hall–Kier alpha value is -2.20. The normalized spacial score (nSPS) is 11.8. The van der Waals surface area contributed by atoms with Crippen LogP contribution in [0.25, 0.3) is 0 Å². The van der Waals surface area contributed by atoms with Crippen molar-refractivity contribution in [3.05, 3.63) is 77.8 Å². The van der Waals surface area contributed by atoms with Crippen LogP contribution in [0, 0.1) is 0 Å². The van der Waals surface area contributed by atoms with Gasteiger partial charge in [0.15, 0.2) is 0 Å². The number of halogens is 1. The average Bonchev–Trinajstić information content (AvgIpc) is 2.70. The largest absolute Gasteiger partial charge is 0.280 e. The molecule has 3 rings (SSSR count). The SMILES string of the molecule is CSc1ccc(S(=O)(=O)Nc2ccc(S(=O)(=O)Nc3ccccc3Cl)cc2)cc1. The lowest BCUT2D eigenvalue weighted by Gasteiger charge is -2.11. The summed E-state index contributed by atoms with van der Waals surface area (Å²) < 4.78 is 54.9. The Balaban J connectivity index is 1.78. The summed E-state index contributed by atoms with van der Waals surface area (Å²) in [5.74, 6) is 0. The van der Waals surface area contributed by atoms with E-state index in [1.165, 1.54) is 48.2 Å². The van der Waals surface area contributed by atoms with Crippen molar-refractivity contribution in [1.82, 2.24) is 0 Å².